The molecule has 0 atom stereocenters. The number of carbonyl (C=O) groups is 2. The van der Waals surface area contributed by atoms with Gasteiger partial charge in [-0.2, -0.15) is 0 Å². The van der Waals surface area contributed by atoms with Crippen molar-refractivity contribution in [3.63, 3.8) is 0 Å². The molecule has 2 amide bonds. The lowest BCUT2D eigenvalue weighted by atomic mass is 10.1. The van der Waals surface area contributed by atoms with Gasteiger partial charge in [0.25, 0.3) is 0 Å². The van der Waals surface area contributed by atoms with Crippen LogP contribution in [-0.2, 0) is 9.59 Å². The molecule has 0 bridgehead atoms. The molecule has 0 spiro atoms. The van der Waals surface area contributed by atoms with Crippen molar-refractivity contribution in [2.75, 3.05) is 16.4 Å². The monoisotopic (exact) mass is 317 g/mol. The number of anilines is 3. The average molecular weight is 318 g/mol. The number of amides is 2. The minimum atomic E-state index is -0.777. The molecule has 5 nitrogen and oxygen atoms in total. The molecule has 4 N–H and O–H groups in total. The van der Waals surface area contributed by atoms with Gasteiger partial charge in [-0.25, -0.2) is 0 Å². The fourth-order valence-corrected chi connectivity index (χ4v) is 2.11. The molecule has 0 saturated carbocycles. The van der Waals surface area contributed by atoms with E-state index in [-0.39, 0.29) is 0 Å². The van der Waals surface area contributed by atoms with Crippen LogP contribution in [0.5, 0.6) is 0 Å². The first-order chi connectivity index (χ1) is 10.4. The summed E-state index contributed by atoms with van der Waals surface area (Å²) < 4.78 is 0. The van der Waals surface area contributed by atoms with Gasteiger partial charge in [-0.05, 0) is 43.7 Å². The quantitative estimate of drug-likeness (QED) is 0.587. The highest BCUT2D eigenvalue weighted by molar-refractivity contribution is 6.44. The van der Waals surface area contributed by atoms with Crippen LogP contribution in [0.4, 0.5) is 17.1 Å². The van der Waals surface area contributed by atoms with Crippen molar-refractivity contribution in [1.29, 1.82) is 0 Å². The molecule has 2 rings (SSSR count). The van der Waals surface area contributed by atoms with Crippen LogP contribution in [-0.4, -0.2) is 11.8 Å². The highest BCUT2D eigenvalue weighted by Crippen LogP contribution is 2.22. The predicted octanol–water partition coefficient (Wildman–Crippen LogP) is 3.12. The lowest BCUT2D eigenvalue weighted by molar-refractivity contribution is -0.133. The van der Waals surface area contributed by atoms with Gasteiger partial charge in [0.2, 0.25) is 0 Å². The molecule has 0 aliphatic rings. The number of hydrogen-bond acceptors (Lipinski definition) is 3. The van der Waals surface area contributed by atoms with Crippen LogP contribution in [0.3, 0.4) is 0 Å². The van der Waals surface area contributed by atoms with Crippen molar-refractivity contribution in [2.45, 2.75) is 13.8 Å². The van der Waals surface area contributed by atoms with Gasteiger partial charge in [0.1, 0.15) is 0 Å². The fraction of sp³-hybridized carbons (Fsp3) is 0.125. The first kappa shape index (κ1) is 15.9. The highest BCUT2D eigenvalue weighted by atomic mass is 35.5. The van der Waals surface area contributed by atoms with Crippen molar-refractivity contribution in [1.82, 2.24) is 0 Å². The Morgan fingerprint density at radius 3 is 2.32 bits per heavy atom. The summed E-state index contributed by atoms with van der Waals surface area (Å²) in [5.74, 6) is -1.53. The third-order valence-corrected chi connectivity index (χ3v) is 3.42. The van der Waals surface area contributed by atoms with Gasteiger partial charge < -0.3 is 16.4 Å². The summed E-state index contributed by atoms with van der Waals surface area (Å²) in [5, 5.41) is 5.36. The molecule has 2 aromatic carbocycles. The van der Waals surface area contributed by atoms with Gasteiger partial charge >= 0.3 is 11.8 Å². The molecule has 0 unspecified atom stereocenters. The molecular weight excluding hydrogens is 302 g/mol. The number of carbonyl (C=O) groups excluding carboxylic acids is 2. The molecule has 0 aliphatic heterocycles. The zero-order valence-corrected chi connectivity index (χ0v) is 13.0. The Labute approximate surface area is 133 Å². The molecule has 2 aromatic rings. The molecule has 0 aliphatic carbocycles. The van der Waals surface area contributed by atoms with Crippen LogP contribution in [0.1, 0.15) is 11.1 Å². The van der Waals surface area contributed by atoms with Crippen LogP contribution < -0.4 is 16.4 Å². The van der Waals surface area contributed by atoms with Gasteiger partial charge in [-0.1, -0.05) is 29.3 Å². The number of rotatable bonds is 2. The lowest BCUT2D eigenvalue weighted by Crippen LogP contribution is -2.29. The zero-order valence-electron chi connectivity index (χ0n) is 12.2. The van der Waals surface area contributed by atoms with E-state index in [1.165, 1.54) is 6.07 Å². The average Bonchev–Trinajstić information content (AvgIpc) is 2.45. The molecule has 114 valence electrons. The topological polar surface area (TPSA) is 84.2 Å². The second-order valence-electron chi connectivity index (χ2n) is 4.96. The highest BCUT2D eigenvalue weighted by Gasteiger charge is 2.15. The van der Waals surface area contributed by atoms with Crippen molar-refractivity contribution in [2.24, 2.45) is 0 Å². The number of halogens is 1. The summed E-state index contributed by atoms with van der Waals surface area (Å²) in [5.41, 5.74) is 8.96. The standard InChI is InChI=1S/C16H16ClN3O2/c1-9-3-6-14(10(2)7-9)20-16(22)15(21)19-11-4-5-13(18)12(17)8-11/h3-8H,18H2,1-2H3,(H,19,21)(H,20,22). The summed E-state index contributed by atoms with van der Waals surface area (Å²) >= 11 is 5.87. The summed E-state index contributed by atoms with van der Waals surface area (Å²) in [7, 11) is 0. The summed E-state index contributed by atoms with van der Waals surface area (Å²) in [6, 6.07) is 10.2. The van der Waals surface area contributed by atoms with Gasteiger partial charge in [0.05, 0.1) is 10.7 Å². The van der Waals surface area contributed by atoms with Gasteiger partial charge in [-0.15, -0.1) is 0 Å². The van der Waals surface area contributed by atoms with Crippen molar-refractivity contribution < 1.29 is 9.59 Å². The molecule has 0 aromatic heterocycles. The molecule has 0 fully saturated rings. The Morgan fingerprint density at radius 1 is 1.00 bits per heavy atom. The maximum atomic E-state index is 11.9. The number of hydrogen-bond donors (Lipinski definition) is 3. The molecule has 22 heavy (non-hydrogen) atoms. The predicted molar refractivity (Wildman–Crippen MR) is 89.0 cm³/mol. The normalized spacial score (nSPS) is 10.1. The van der Waals surface area contributed by atoms with Crippen molar-refractivity contribution in [3.05, 3.63) is 52.5 Å². The SMILES string of the molecule is Cc1ccc(NC(=O)C(=O)Nc2ccc(N)c(Cl)c2)c(C)c1. The number of nitrogens with one attached hydrogen (secondary N) is 2. The molecule has 0 saturated heterocycles. The zero-order chi connectivity index (χ0) is 16.3. The van der Waals surface area contributed by atoms with Crippen molar-refractivity contribution in [3.8, 4) is 0 Å². The number of nitrogen functional groups attached to an aromatic ring is 1. The van der Waals surface area contributed by atoms with Gasteiger partial charge in [-0.3, -0.25) is 9.59 Å². The second-order valence-corrected chi connectivity index (χ2v) is 5.37. The Hall–Kier alpha value is -2.53. The van der Waals surface area contributed by atoms with Crippen LogP contribution in [0.2, 0.25) is 5.02 Å². The minimum absolute atomic E-state index is 0.313. The molecule has 6 heteroatoms. The third kappa shape index (κ3) is 3.77. The van der Waals surface area contributed by atoms with Crippen molar-refractivity contribution >= 4 is 40.5 Å². The first-order valence-corrected chi connectivity index (χ1v) is 6.99. The van der Waals surface area contributed by atoms with Crippen LogP contribution in [0.15, 0.2) is 36.4 Å². The smallest absolute Gasteiger partial charge is 0.314 e. The molecule has 0 heterocycles. The number of aryl methyl sites for hydroxylation is 2. The van der Waals surface area contributed by atoms with Crippen LogP contribution >= 0.6 is 11.6 Å². The third-order valence-electron chi connectivity index (χ3n) is 3.09. The van der Waals surface area contributed by atoms with E-state index in [9.17, 15) is 9.59 Å². The Morgan fingerprint density at radius 2 is 1.68 bits per heavy atom. The maximum absolute atomic E-state index is 11.9. The summed E-state index contributed by atoms with van der Waals surface area (Å²) in [6.45, 7) is 3.82. The van der Waals surface area contributed by atoms with Gasteiger partial charge in [0.15, 0.2) is 0 Å². The number of benzene rings is 2. The van der Waals surface area contributed by atoms with E-state index in [0.717, 1.165) is 11.1 Å². The van der Waals surface area contributed by atoms with E-state index in [4.69, 9.17) is 17.3 Å². The van der Waals surface area contributed by atoms with Crippen LogP contribution in [0, 0.1) is 13.8 Å². The molecule has 0 radical (unpaired) electrons. The maximum Gasteiger partial charge on any atom is 0.314 e. The van der Waals surface area contributed by atoms with E-state index in [2.05, 4.69) is 10.6 Å². The Balaban J connectivity index is 2.05. The lowest BCUT2D eigenvalue weighted by Gasteiger charge is -2.10. The summed E-state index contributed by atoms with van der Waals surface area (Å²) in [6.07, 6.45) is 0. The van der Waals surface area contributed by atoms with Crippen LogP contribution in [0.25, 0.3) is 0 Å². The summed E-state index contributed by atoms with van der Waals surface area (Å²) in [4.78, 5) is 23.8. The van der Waals surface area contributed by atoms with E-state index >= 15 is 0 Å². The minimum Gasteiger partial charge on any atom is -0.398 e. The van der Waals surface area contributed by atoms with E-state index in [0.29, 0.717) is 22.1 Å². The Kier molecular flexibility index (Phi) is 4.68. The van der Waals surface area contributed by atoms with E-state index in [1.54, 1.807) is 18.2 Å². The van der Waals surface area contributed by atoms with E-state index < -0.39 is 11.8 Å². The van der Waals surface area contributed by atoms with Gasteiger partial charge in [0, 0.05) is 11.4 Å². The number of nitrogens with two attached hydrogens (primary N) is 1. The first-order valence-electron chi connectivity index (χ1n) is 6.61. The Bertz CT molecular complexity index is 744. The molecular formula is C16H16ClN3O2. The largest absolute Gasteiger partial charge is 0.398 e. The second kappa shape index (κ2) is 6.49. The van der Waals surface area contributed by atoms with E-state index in [1.807, 2.05) is 26.0 Å². The fourth-order valence-electron chi connectivity index (χ4n) is 1.93.